The number of benzene rings is 2. The minimum Gasteiger partial charge on any atom is -0.486 e. The molecule has 29 heavy (non-hydrogen) atoms. The first-order valence-electron chi connectivity index (χ1n) is 9.16. The molecule has 3 aromatic rings. The molecule has 1 amide bonds. The van der Waals surface area contributed by atoms with Crippen molar-refractivity contribution in [3.05, 3.63) is 48.0 Å². The van der Waals surface area contributed by atoms with E-state index < -0.39 is 5.25 Å². The zero-order chi connectivity index (χ0) is 20.4. The lowest BCUT2D eigenvalue weighted by Gasteiger charge is -2.19. The number of thioether (sulfide) groups is 1. The fourth-order valence-electron chi connectivity index (χ4n) is 2.83. The molecule has 2 aromatic carbocycles. The Labute approximate surface area is 172 Å². The van der Waals surface area contributed by atoms with Crippen LogP contribution in [-0.4, -0.2) is 39.2 Å². The van der Waals surface area contributed by atoms with Crippen LogP contribution >= 0.6 is 11.8 Å². The molecule has 1 aliphatic heterocycles. The summed E-state index contributed by atoms with van der Waals surface area (Å²) in [5, 5.41) is 11.2. The average molecular weight is 411 g/mol. The molecule has 0 unspecified atom stereocenters. The molecule has 1 aromatic heterocycles. The molecule has 2 heterocycles. The fraction of sp³-hybridized carbons (Fsp3) is 0.250. The van der Waals surface area contributed by atoms with Gasteiger partial charge in [-0.1, -0.05) is 41.6 Å². The number of hydrogen-bond donors (Lipinski definition) is 2. The number of aryl methyl sites for hydroxylation is 1. The highest BCUT2D eigenvalue weighted by Crippen LogP contribution is 2.33. The van der Waals surface area contributed by atoms with Crippen LogP contribution in [0.4, 0.5) is 5.69 Å². The average Bonchev–Trinajstić information content (AvgIpc) is 3.08. The molecular formula is C20H21N5O3S. The predicted octanol–water partition coefficient (Wildman–Crippen LogP) is 2.86. The Morgan fingerprint density at radius 2 is 1.86 bits per heavy atom. The summed E-state index contributed by atoms with van der Waals surface area (Å²) >= 11 is 1.24. The molecule has 9 heteroatoms. The van der Waals surface area contributed by atoms with Crippen LogP contribution in [0.2, 0.25) is 0 Å². The summed E-state index contributed by atoms with van der Waals surface area (Å²) in [6, 6.07) is 13.2. The Balaban J connectivity index is 1.43. The van der Waals surface area contributed by atoms with E-state index in [1.807, 2.05) is 31.2 Å². The van der Waals surface area contributed by atoms with E-state index in [2.05, 4.69) is 15.5 Å². The van der Waals surface area contributed by atoms with E-state index in [1.165, 1.54) is 16.4 Å². The van der Waals surface area contributed by atoms with Gasteiger partial charge in [0.2, 0.25) is 11.1 Å². The van der Waals surface area contributed by atoms with E-state index in [1.54, 1.807) is 25.1 Å². The summed E-state index contributed by atoms with van der Waals surface area (Å²) in [5.74, 6) is 7.83. The van der Waals surface area contributed by atoms with Crippen molar-refractivity contribution in [2.75, 3.05) is 24.4 Å². The van der Waals surface area contributed by atoms with Crippen molar-refractivity contribution < 1.29 is 14.3 Å². The van der Waals surface area contributed by atoms with Crippen molar-refractivity contribution in [2.24, 2.45) is 0 Å². The number of hydrogen-bond acceptors (Lipinski definition) is 7. The summed E-state index contributed by atoms with van der Waals surface area (Å²) in [6.07, 6.45) is 0. The van der Waals surface area contributed by atoms with Crippen LogP contribution in [0, 0.1) is 6.92 Å². The standard InChI is InChI=1S/C20H21N5O3S/c1-12-3-5-14(6-4-12)18-23-24-20(25(18)21)29-13(2)19(26)22-15-7-8-16-17(11-15)28-10-9-27-16/h3-8,11,13H,9-10,21H2,1-2H3,(H,22,26)/t13-/m1/s1. The maximum Gasteiger partial charge on any atom is 0.237 e. The summed E-state index contributed by atoms with van der Waals surface area (Å²) < 4.78 is 12.5. The third-order valence-corrected chi connectivity index (χ3v) is 5.49. The Hall–Kier alpha value is -3.20. The summed E-state index contributed by atoms with van der Waals surface area (Å²) in [4.78, 5) is 12.6. The highest BCUT2D eigenvalue weighted by molar-refractivity contribution is 8.00. The molecular weight excluding hydrogens is 390 g/mol. The minimum atomic E-state index is -0.430. The zero-order valence-electron chi connectivity index (χ0n) is 16.1. The van der Waals surface area contributed by atoms with Crippen molar-refractivity contribution in [2.45, 2.75) is 24.3 Å². The zero-order valence-corrected chi connectivity index (χ0v) is 16.9. The number of carbonyl (C=O) groups is 1. The second-order valence-corrected chi connectivity index (χ2v) is 7.96. The number of nitrogens with two attached hydrogens (primary N) is 1. The largest absolute Gasteiger partial charge is 0.486 e. The number of amides is 1. The Bertz CT molecular complexity index is 1040. The SMILES string of the molecule is Cc1ccc(-c2nnc(S[C@H](C)C(=O)Nc3ccc4c(c3)OCCO4)n2N)cc1. The molecule has 3 N–H and O–H groups in total. The third-order valence-electron chi connectivity index (χ3n) is 4.44. The maximum absolute atomic E-state index is 12.6. The maximum atomic E-state index is 12.6. The van der Waals surface area contributed by atoms with Crippen molar-refractivity contribution in [1.29, 1.82) is 0 Å². The number of rotatable bonds is 5. The summed E-state index contributed by atoms with van der Waals surface area (Å²) in [6.45, 7) is 4.82. The van der Waals surface area contributed by atoms with Crippen LogP contribution in [0.15, 0.2) is 47.6 Å². The van der Waals surface area contributed by atoms with E-state index in [4.69, 9.17) is 15.3 Å². The number of nitrogens with one attached hydrogen (secondary N) is 1. The topological polar surface area (TPSA) is 104 Å². The van der Waals surface area contributed by atoms with Crippen LogP contribution in [-0.2, 0) is 4.79 Å². The van der Waals surface area contributed by atoms with Gasteiger partial charge < -0.3 is 20.6 Å². The van der Waals surface area contributed by atoms with Crippen molar-refractivity contribution >= 4 is 23.4 Å². The highest BCUT2D eigenvalue weighted by atomic mass is 32.2. The van der Waals surface area contributed by atoms with Gasteiger partial charge in [0, 0.05) is 17.3 Å². The number of anilines is 1. The van der Waals surface area contributed by atoms with Crippen LogP contribution in [0.3, 0.4) is 0 Å². The van der Waals surface area contributed by atoms with Gasteiger partial charge in [0.1, 0.15) is 13.2 Å². The van der Waals surface area contributed by atoms with E-state index in [9.17, 15) is 4.79 Å². The monoisotopic (exact) mass is 411 g/mol. The van der Waals surface area contributed by atoms with Gasteiger partial charge in [-0.25, -0.2) is 4.68 Å². The molecule has 1 aliphatic rings. The number of aromatic nitrogens is 3. The highest BCUT2D eigenvalue weighted by Gasteiger charge is 2.21. The second kappa shape index (κ2) is 8.04. The van der Waals surface area contributed by atoms with E-state index in [0.717, 1.165) is 11.1 Å². The first kappa shape index (κ1) is 19.1. The molecule has 4 rings (SSSR count). The number of ether oxygens (including phenoxy) is 2. The normalized spacial score (nSPS) is 13.7. The quantitative estimate of drug-likeness (QED) is 0.491. The van der Waals surface area contributed by atoms with Gasteiger partial charge >= 0.3 is 0 Å². The minimum absolute atomic E-state index is 0.174. The van der Waals surface area contributed by atoms with Gasteiger partial charge in [-0.05, 0) is 26.0 Å². The van der Waals surface area contributed by atoms with Gasteiger partial charge in [0.15, 0.2) is 17.3 Å². The first-order valence-corrected chi connectivity index (χ1v) is 10.0. The molecule has 150 valence electrons. The molecule has 0 aliphatic carbocycles. The number of fused-ring (bicyclic) bond motifs is 1. The van der Waals surface area contributed by atoms with Gasteiger partial charge in [0.25, 0.3) is 0 Å². The first-order chi connectivity index (χ1) is 14.0. The molecule has 8 nitrogen and oxygen atoms in total. The molecule has 0 spiro atoms. The third kappa shape index (κ3) is 4.14. The lowest BCUT2D eigenvalue weighted by atomic mass is 10.1. The number of carbonyl (C=O) groups excluding carboxylic acids is 1. The Kier molecular flexibility index (Phi) is 5.30. The van der Waals surface area contributed by atoms with E-state index in [-0.39, 0.29) is 5.91 Å². The van der Waals surface area contributed by atoms with Gasteiger partial charge in [-0.3, -0.25) is 4.79 Å². The summed E-state index contributed by atoms with van der Waals surface area (Å²) in [5.41, 5.74) is 2.66. The van der Waals surface area contributed by atoms with Gasteiger partial charge in [-0.2, -0.15) is 0 Å². The smallest absolute Gasteiger partial charge is 0.237 e. The predicted molar refractivity (Wildman–Crippen MR) is 112 cm³/mol. The molecule has 0 bridgehead atoms. The summed E-state index contributed by atoms with van der Waals surface area (Å²) in [7, 11) is 0. The van der Waals surface area contributed by atoms with E-state index in [0.29, 0.717) is 41.4 Å². The van der Waals surface area contributed by atoms with Crippen molar-refractivity contribution in [1.82, 2.24) is 14.9 Å². The van der Waals surface area contributed by atoms with Gasteiger partial charge in [0.05, 0.1) is 5.25 Å². The van der Waals surface area contributed by atoms with Crippen LogP contribution in [0.1, 0.15) is 12.5 Å². The van der Waals surface area contributed by atoms with Crippen molar-refractivity contribution in [3.8, 4) is 22.9 Å². The van der Waals surface area contributed by atoms with Crippen LogP contribution in [0.5, 0.6) is 11.5 Å². The molecule has 0 saturated heterocycles. The number of nitrogens with zero attached hydrogens (tertiary/aromatic N) is 3. The van der Waals surface area contributed by atoms with Crippen molar-refractivity contribution in [3.63, 3.8) is 0 Å². The van der Waals surface area contributed by atoms with Crippen LogP contribution < -0.4 is 20.6 Å². The molecule has 0 saturated carbocycles. The Morgan fingerprint density at radius 1 is 1.14 bits per heavy atom. The van der Waals surface area contributed by atoms with Crippen LogP contribution in [0.25, 0.3) is 11.4 Å². The molecule has 1 atom stereocenters. The lowest BCUT2D eigenvalue weighted by molar-refractivity contribution is -0.115. The molecule has 0 fully saturated rings. The lowest BCUT2D eigenvalue weighted by Crippen LogP contribution is -2.24. The number of nitrogen functional groups attached to an aromatic ring is 1. The Morgan fingerprint density at radius 3 is 2.62 bits per heavy atom. The van der Waals surface area contributed by atoms with Gasteiger partial charge in [-0.15, -0.1) is 10.2 Å². The fourth-order valence-corrected chi connectivity index (χ4v) is 3.60. The second-order valence-electron chi connectivity index (χ2n) is 6.65. The van der Waals surface area contributed by atoms with E-state index >= 15 is 0 Å². The molecule has 0 radical (unpaired) electrons.